The Hall–Kier alpha value is -1.82. The topological polar surface area (TPSA) is 70.7 Å². The molecule has 112 valence electrons. The molecule has 1 heterocycles. The Morgan fingerprint density at radius 3 is 2.76 bits per heavy atom. The van der Waals surface area contributed by atoms with E-state index in [4.69, 9.17) is 0 Å². The first kappa shape index (κ1) is 15.6. The molecule has 0 saturated heterocycles. The average Bonchev–Trinajstić information content (AvgIpc) is 2.95. The molecule has 0 unspecified atom stereocenters. The number of hydrogen-bond acceptors (Lipinski definition) is 4. The fourth-order valence-electron chi connectivity index (χ4n) is 1.75. The first-order valence-corrected chi connectivity index (χ1v) is 7.99. The van der Waals surface area contributed by atoms with Gasteiger partial charge in [0, 0.05) is 12.5 Å². The number of H-pyrrole nitrogens is 1. The molecular weight excluding hydrogens is 284 g/mol. The fourth-order valence-corrected chi connectivity index (χ4v) is 2.39. The van der Waals surface area contributed by atoms with E-state index in [1.54, 1.807) is 0 Å². The Morgan fingerprint density at radius 2 is 2.10 bits per heavy atom. The van der Waals surface area contributed by atoms with Crippen molar-refractivity contribution in [1.29, 1.82) is 0 Å². The van der Waals surface area contributed by atoms with E-state index >= 15 is 0 Å². The van der Waals surface area contributed by atoms with Crippen LogP contribution in [-0.4, -0.2) is 33.4 Å². The van der Waals surface area contributed by atoms with Crippen molar-refractivity contribution in [3.8, 4) is 0 Å². The summed E-state index contributed by atoms with van der Waals surface area (Å²) in [4.78, 5) is 16.1. The second kappa shape index (κ2) is 7.83. The molecular formula is C15H20N4OS. The molecule has 1 amide bonds. The Labute approximate surface area is 128 Å². The van der Waals surface area contributed by atoms with Gasteiger partial charge < -0.3 is 5.32 Å². The van der Waals surface area contributed by atoms with Crippen LogP contribution >= 0.6 is 11.8 Å². The van der Waals surface area contributed by atoms with Crippen LogP contribution in [0.4, 0.5) is 0 Å². The van der Waals surface area contributed by atoms with Gasteiger partial charge in [0.05, 0.1) is 5.75 Å². The van der Waals surface area contributed by atoms with Gasteiger partial charge in [-0.15, -0.1) is 5.10 Å². The Kier molecular flexibility index (Phi) is 5.80. The summed E-state index contributed by atoms with van der Waals surface area (Å²) >= 11 is 1.35. The lowest BCUT2D eigenvalue weighted by atomic mass is 10.1. The first-order chi connectivity index (χ1) is 10.1. The molecule has 0 fully saturated rings. The largest absolute Gasteiger partial charge is 0.355 e. The van der Waals surface area contributed by atoms with Crippen molar-refractivity contribution in [3.63, 3.8) is 0 Å². The molecule has 2 aromatic rings. The van der Waals surface area contributed by atoms with E-state index in [1.165, 1.54) is 17.3 Å². The number of amides is 1. The predicted octanol–water partition coefficient (Wildman–Crippen LogP) is 2.38. The molecule has 21 heavy (non-hydrogen) atoms. The molecule has 0 saturated carbocycles. The van der Waals surface area contributed by atoms with Crippen LogP contribution in [-0.2, 0) is 11.2 Å². The average molecular weight is 304 g/mol. The number of benzene rings is 1. The summed E-state index contributed by atoms with van der Waals surface area (Å²) in [6, 6.07) is 10.1. The minimum Gasteiger partial charge on any atom is -0.355 e. The lowest BCUT2D eigenvalue weighted by Gasteiger charge is -2.04. The molecule has 0 aliphatic carbocycles. The van der Waals surface area contributed by atoms with Gasteiger partial charge in [-0.05, 0) is 12.0 Å². The highest BCUT2D eigenvalue weighted by molar-refractivity contribution is 7.99. The van der Waals surface area contributed by atoms with Gasteiger partial charge in [0.25, 0.3) is 0 Å². The van der Waals surface area contributed by atoms with Crippen molar-refractivity contribution in [3.05, 3.63) is 41.7 Å². The number of hydrogen-bond donors (Lipinski definition) is 2. The third-order valence-electron chi connectivity index (χ3n) is 2.94. The molecule has 1 aromatic heterocycles. The summed E-state index contributed by atoms with van der Waals surface area (Å²) in [5.41, 5.74) is 1.22. The Bertz CT molecular complexity index is 568. The number of aromatic nitrogens is 3. The normalized spacial score (nSPS) is 10.8. The smallest absolute Gasteiger partial charge is 0.230 e. The quantitative estimate of drug-likeness (QED) is 0.771. The molecule has 0 aliphatic rings. The Morgan fingerprint density at radius 1 is 1.33 bits per heavy atom. The van der Waals surface area contributed by atoms with E-state index in [9.17, 15) is 4.79 Å². The van der Waals surface area contributed by atoms with Crippen molar-refractivity contribution in [2.24, 2.45) is 0 Å². The van der Waals surface area contributed by atoms with Crippen molar-refractivity contribution >= 4 is 17.7 Å². The highest BCUT2D eigenvalue weighted by Gasteiger charge is 2.09. The van der Waals surface area contributed by atoms with Gasteiger partial charge in [-0.3, -0.25) is 9.89 Å². The lowest BCUT2D eigenvalue weighted by Crippen LogP contribution is -2.27. The third-order valence-corrected chi connectivity index (χ3v) is 3.79. The number of carbonyl (C=O) groups is 1. The van der Waals surface area contributed by atoms with E-state index in [0.29, 0.717) is 23.4 Å². The van der Waals surface area contributed by atoms with E-state index in [0.717, 1.165) is 12.2 Å². The van der Waals surface area contributed by atoms with Gasteiger partial charge in [-0.1, -0.05) is 55.9 Å². The highest BCUT2D eigenvalue weighted by atomic mass is 32.2. The standard InChI is InChI=1S/C15H20N4OS/c1-11(2)14-17-15(19-18-14)21-10-13(20)16-9-8-12-6-4-3-5-7-12/h3-7,11H,8-10H2,1-2H3,(H,16,20)(H,17,18,19). The maximum absolute atomic E-state index is 11.7. The molecule has 6 heteroatoms. The van der Waals surface area contributed by atoms with Gasteiger partial charge in [0.2, 0.25) is 11.1 Å². The maximum atomic E-state index is 11.7. The summed E-state index contributed by atoms with van der Waals surface area (Å²) in [6.45, 7) is 4.74. The zero-order valence-electron chi connectivity index (χ0n) is 12.3. The zero-order chi connectivity index (χ0) is 15.1. The van der Waals surface area contributed by atoms with E-state index in [-0.39, 0.29) is 5.91 Å². The fraction of sp³-hybridized carbons (Fsp3) is 0.400. The molecule has 5 nitrogen and oxygen atoms in total. The van der Waals surface area contributed by atoms with E-state index in [1.807, 2.05) is 32.0 Å². The van der Waals surface area contributed by atoms with Crippen molar-refractivity contribution in [2.45, 2.75) is 31.3 Å². The van der Waals surface area contributed by atoms with Crippen LogP contribution in [0.25, 0.3) is 0 Å². The van der Waals surface area contributed by atoms with Crippen LogP contribution in [0.15, 0.2) is 35.5 Å². The minimum absolute atomic E-state index is 0.00632. The number of nitrogens with one attached hydrogen (secondary N) is 2. The van der Waals surface area contributed by atoms with Crippen LogP contribution in [0.2, 0.25) is 0 Å². The number of carbonyl (C=O) groups excluding carboxylic acids is 1. The number of rotatable bonds is 7. The van der Waals surface area contributed by atoms with E-state index in [2.05, 4.69) is 32.6 Å². The van der Waals surface area contributed by atoms with Crippen LogP contribution in [0.5, 0.6) is 0 Å². The summed E-state index contributed by atoms with van der Waals surface area (Å²) in [5.74, 6) is 1.50. The van der Waals surface area contributed by atoms with Crippen LogP contribution < -0.4 is 5.32 Å². The summed E-state index contributed by atoms with van der Waals surface area (Å²) in [7, 11) is 0. The molecule has 0 aliphatic heterocycles. The zero-order valence-corrected chi connectivity index (χ0v) is 13.1. The molecule has 1 aromatic carbocycles. The van der Waals surface area contributed by atoms with E-state index < -0.39 is 0 Å². The summed E-state index contributed by atoms with van der Waals surface area (Å²) in [5, 5.41) is 10.5. The van der Waals surface area contributed by atoms with Gasteiger partial charge in [-0.2, -0.15) is 0 Å². The van der Waals surface area contributed by atoms with Crippen molar-refractivity contribution < 1.29 is 4.79 Å². The molecule has 0 spiro atoms. The molecule has 0 atom stereocenters. The van der Waals surface area contributed by atoms with Crippen LogP contribution in [0.1, 0.15) is 31.2 Å². The van der Waals surface area contributed by atoms with Crippen LogP contribution in [0, 0.1) is 0 Å². The lowest BCUT2D eigenvalue weighted by molar-refractivity contribution is -0.118. The first-order valence-electron chi connectivity index (χ1n) is 7.01. The number of thioether (sulfide) groups is 1. The van der Waals surface area contributed by atoms with Gasteiger partial charge in [0.1, 0.15) is 5.82 Å². The van der Waals surface area contributed by atoms with Gasteiger partial charge in [-0.25, -0.2) is 4.98 Å². The predicted molar refractivity (Wildman–Crippen MR) is 84.4 cm³/mol. The van der Waals surface area contributed by atoms with Gasteiger partial charge >= 0.3 is 0 Å². The van der Waals surface area contributed by atoms with Gasteiger partial charge in [0.15, 0.2) is 0 Å². The number of aromatic amines is 1. The second-order valence-electron chi connectivity index (χ2n) is 5.03. The highest BCUT2D eigenvalue weighted by Crippen LogP contribution is 2.15. The summed E-state index contributed by atoms with van der Waals surface area (Å²) in [6.07, 6.45) is 0.843. The SMILES string of the molecule is CC(C)c1nc(SCC(=O)NCCc2ccccc2)n[nH]1. The minimum atomic E-state index is 0.00632. The monoisotopic (exact) mass is 304 g/mol. The molecule has 0 bridgehead atoms. The van der Waals surface area contributed by atoms with Crippen molar-refractivity contribution in [1.82, 2.24) is 20.5 Å². The number of nitrogens with zero attached hydrogens (tertiary/aromatic N) is 2. The third kappa shape index (κ3) is 5.23. The molecule has 2 rings (SSSR count). The molecule has 0 radical (unpaired) electrons. The van der Waals surface area contributed by atoms with Crippen molar-refractivity contribution in [2.75, 3.05) is 12.3 Å². The van der Waals surface area contributed by atoms with Crippen LogP contribution in [0.3, 0.4) is 0 Å². The molecule has 2 N–H and O–H groups in total. The maximum Gasteiger partial charge on any atom is 0.230 e. The Balaban J connectivity index is 1.67. The summed E-state index contributed by atoms with van der Waals surface area (Å²) < 4.78 is 0. The second-order valence-corrected chi connectivity index (χ2v) is 5.97.